The molecule has 7 rings (SSSR count). The van der Waals surface area contributed by atoms with Crippen LogP contribution in [0.5, 0.6) is 0 Å². The van der Waals surface area contributed by atoms with Gasteiger partial charge in [-0.3, -0.25) is 14.4 Å². The van der Waals surface area contributed by atoms with Crippen LogP contribution in [0.4, 0.5) is 11.4 Å². The molecule has 0 saturated carbocycles. The van der Waals surface area contributed by atoms with Gasteiger partial charge in [0.2, 0.25) is 5.91 Å². The SMILES string of the molecule is O=C(c1ccc(Br)cc1)C1C(C(=O)c2ccc(Br)cc2)C2(C(=O)Nc3ccccc32)C2C=Cc3cc(Cl)ccc3N12. The molecule has 3 aliphatic heterocycles. The van der Waals surface area contributed by atoms with Crippen molar-refractivity contribution < 1.29 is 14.4 Å². The number of nitrogens with zero attached hydrogens (tertiary/aromatic N) is 1. The first-order chi connectivity index (χ1) is 19.8. The number of para-hydroxylation sites is 1. The summed E-state index contributed by atoms with van der Waals surface area (Å²) in [6, 6.07) is 25.6. The molecule has 1 fully saturated rings. The maximum Gasteiger partial charge on any atom is 0.238 e. The highest BCUT2D eigenvalue weighted by molar-refractivity contribution is 9.10. The van der Waals surface area contributed by atoms with E-state index in [2.05, 4.69) is 37.2 Å². The summed E-state index contributed by atoms with van der Waals surface area (Å²) in [5, 5.41) is 3.61. The third-order valence-corrected chi connectivity index (χ3v) is 9.70. The van der Waals surface area contributed by atoms with Gasteiger partial charge in [0, 0.05) is 36.5 Å². The van der Waals surface area contributed by atoms with Crippen molar-refractivity contribution in [1.29, 1.82) is 0 Å². The molecule has 0 aromatic heterocycles. The summed E-state index contributed by atoms with van der Waals surface area (Å²) in [5.41, 5.74) is 2.47. The van der Waals surface area contributed by atoms with Crippen molar-refractivity contribution in [3.05, 3.63) is 133 Å². The van der Waals surface area contributed by atoms with E-state index in [-0.39, 0.29) is 17.5 Å². The van der Waals surface area contributed by atoms with Crippen molar-refractivity contribution in [2.75, 3.05) is 10.2 Å². The van der Waals surface area contributed by atoms with E-state index in [0.717, 1.165) is 20.2 Å². The normalized spacial score (nSPS) is 23.6. The second-order valence-electron chi connectivity index (χ2n) is 10.4. The lowest BCUT2D eigenvalue weighted by molar-refractivity contribution is -0.121. The third kappa shape index (κ3) is 3.90. The average molecular weight is 689 g/mol. The Labute approximate surface area is 258 Å². The van der Waals surface area contributed by atoms with E-state index in [1.54, 1.807) is 42.5 Å². The quantitative estimate of drug-likeness (QED) is 0.223. The lowest BCUT2D eigenvalue weighted by Crippen LogP contribution is -2.51. The molecule has 0 radical (unpaired) electrons. The zero-order chi connectivity index (χ0) is 28.5. The fourth-order valence-electron chi connectivity index (χ4n) is 6.73. The van der Waals surface area contributed by atoms with Gasteiger partial charge in [0.25, 0.3) is 0 Å². The van der Waals surface area contributed by atoms with E-state index in [1.807, 2.05) is 65.6 Å². The molecule has 202 valence electrons. The maximum atomic E-state index is 14.8. The van der Waals surface area contributed by atoms with Gasteiger partial charge in [-0.05, 0) is 59.7 Å². The van der Waals surface area contributed by atoms with Crippen LogP contribution in [-0.2, 0) is 10.2 Å². The van der Waals surface area contributed by atoms with Crippen molar-refractivity contribution in [3.8, 4) is 0 Å². The van der Waals surface area contributed by atoms with Gasteiger partial charge in [0.1, 0.15) is 11.5 Å². The molecule has 0 aliphatic carbocycles. The van der Waals surface area contributed by atoms with E-state index < -0.39 is 23.4 Å². The van der Waals surface area contributed by atoms with E-state index in [1.165, 1.54) is 0 Å². The molecule has 8 heteroatoms. The topological polar surface area (TPSA) is 66.5 Å². The molecule has 1 amide bonds. The van der Waals surface area contributed by atoms with Crippen molar-refractivity contribution in [3.63, 3.8) is 0 Å². The van der Waals surface area contributed by atoms with E-state index in [4.69, 9.17) is 11.6 Å². The molecular weight excluding hydrogens is 668 g/mol. The minimum Gasteiger partial charge on any atom is -0.352 e. The summed E-state index contributed by atoms with van der Waals surface area (Å²) >= 11 is 13.3. The number of rotatable bonds is 4. The minimum atomic E-state index is -1.36. The second-order valence-corrected chi connectivity index (χ2v) is 12.7. The number of Topliss-reactive ketones (excluding diaryl/α,β-unsaturated/α-hetero) is 2. The van der Waals surface area contributed by atoms with Gasteiger partial charge in [-0.1, -0.05) is 98.1 Å². The van der Waals surface area contributed by atoms with Crippen molar-refractivity contribution in [2.45, 2.75) is 17.5 Å². The fraction of sp³-hybridized carbons (Fsp3) is 0.121. The van der Waals surface area contributed by atoms with Crippen molar-refractivity contribution in [2.24, 2.45) is 5.92 Å². The number of hydrogen-bond acceptors (Lipinski definition) is 4. The van der Waals surface area contributed by atoms with Crippen molar-refractivity contribution >= 4 is 78.4 Å². The lowest BCUT2D eigenvalue weighted by atomic mass is 9.64. The molecule has 4 aromatic rings. The molecule has 41 heavy (non-hydrogen) atoms. The summed E-state index contributed by atoms with van der Waals surface area (Å²) in [6.07, 6.45) is 3.88. The highest BCUT2D eigenvalue weighted by Crippen LogP contribution is 2.58. The fourth-order valence-corrected chi connectivity index (χ4v) is 7.44. The predicted molar refractivity (Wildman–Crippen MR) is 168 cm³/mol. The number of anilines is 2. The molecular formula is C33H21Br2ClN2O3. The van der Waals surface area contributed by atoms with E-state index in [9.17, 15) is 14.4 Å². The van der Waals surface area contributed by atoms with Crippen LogP contribution in [0.25, 0.3) is 6.08 Å². The number of amides is 1. The number of hydrogen-bond donors (Lipinski definition) is 1. The van der Waals surface area contributed by atoms with Crippen LogP contribution in [0.2, 0.25) is 5.02 Å². The second kappa shape index (κ2) is 9.79. The van der Waals surface area contributed by atoms with Gasteiger partial charge < -0.3 is 10.2 Å². The van der Waals surface area contributed by atoms with Gasteiger partial charge in [-0.2, -0.15) is 0 Å². The highest BCUT2D eigenvalue weighted by Gasteiger charge is 2.70. The number of carbonyl (C=O) groups excluding carboxylic acids is 3. The molecule has 0 bridgehead atoms. The average Bonchev–Trinajstić information content (AvgIpc) is 3.45. The van der Waals surface area contributed by atoms with Gasteiger partial charge >= 0.3 is 0 Å². The van der Waals surface area contributed by atoms with Gasteiger partial charge in [0.15, 0.2) is 11.6 Å². The first kappa shape index (κ1) is 26.4. The Morgan fingerprint density at radius 2 is 1.46 bits per heavy atom. The van der Waals surface area contributed by atoms with Crippen LogP contribution in [0.15, 0.2) is 106 Å². The summed E-state index contributed by atoms with van der Waals surface area (Å²) in [4.78, 5) is 45.7. The molecule has 3 aliphatic rings. The lowest BCUT2D eigenvalue weighted by Gasteiger charge is -2.37. The molecule has 4 aromatic carbocycles. The van der Waals surface area contributed by atoms with E-state index in [0.29, 0.717) is 27.4 Å². The maximum absolute atomic E-state index is 14.8. The van der Waals surface area contributed by atoms with Gasteiger partial charge in [-0.25, -0.2) is 0 Å². The molecule has 1 saturated heterocycles. The zero-order valence-electron chi connectivity index (χ0n) is 21.4. The molecule has 4 atom stereocenters. The number of nitrogens with one attached hydrogen (secondary N) is 1. The smallest absolute Gasteiger partial charge is 0.238 e. The number of carbonyl (C=O) groups is 3. The number of ketones is 2. The zero-order valence-corrected chi connectivity index (χ0v) is 25.3. The Hall–Kier alpha value is -3.52. The Bertz CT molecular complexity index is 1790. The van der Waals surface area contributed by atoms with Crippen LogP contribution in [0.1, 0.15) is 31.8 Å². The van der Waals surface area contributed by atoms with Crippen LogP contribution >= 0.6 is 43.5 Å². The minimum absolute atomic E-state index is 0.233. The van der Waals surface area contributed by atoms with Crippen LogP contribution in [-0.4, -0.2) is 29.6 Å². The molecule has 1 spiro atoms. The molecule has 5 nitrogen and oxygen atoms in total. The highest BCUT2D eigenvalue weighted by atomic mass is 79.9. The third-order valence-electron chi connectivity index (χ3n) is 8.40. The monoisotopic (exact) mass is 686 g/mol. The van der Waals surface area contributed by atoms with Gasteiger partial charge in [-0.15, -0.1) is 0 Å². The Balaban J connectivity index is 1.53. The molecule has 3 heterocycles. The summed E-state index contributed by atoms with van der Waals surface area (Å²) in [6.45, 7) is 0. The Kier molecular flexibility index (Phi) is 6.30. The summed E-state index contributed by atoms with van der Waals surface area (Å²) < 4.78 is 1.66. The standard InChI is InChI=1S/C33H21Br2ClN2O3/c34-21-10-5-18(6-11-21)30(39)28-29(31(40)19-7-12-22(35)13-8-19)38-26-15-14-23(36)17-20(26)9-16-27(38)33(28)24-3-1-2-4-25(24)37-32(33)41/h1-17,27-29H,(H,37,41). The first-order valence-electron chi connectivity index (χ1n) is 13.1. The summed E-state index contributed by atoms with van der Waals surface area (Å²) in [7, 11) is 0. The number of benzene rings is 4. The Morgan fingerprint density at radius 1 is 0.829 bits per heavy atom. The van der Waals surface area contributed by atoms with Gasteiger partial charge in [0.05, 0.1) is 12.0 Å². The molecule has 4 unspecified atom stereocenters. The van der Waals surface area contributed by atoms with Crippen LogP contribution in [0, 0.1) is 5.92 Å². The van der Waals surface area contributed by atoms with E-state index >= 15 is 0 Å². The molecule has 1 N–H and O–H groups in total. The predicted octanol–water partition coefficient (Wildman–Crippen LogP) is 7.72. The summed E-state index contributed by atoms with van der Waals surface area (Å²) in [5.74, 6) is -1.82. The van der Waals surface area contributed by atoms with Crippen LogP contribution in [0.3, 0.4) is 0 Å². The first-order valence-corrected chi connectivity index (χ1v) is 15.0. The number of halogens is 3. The van der Waals surface area contributed by atoms with Crippen molar-refractivity contribution in [1.82, 2.24) is 0 Å². The van der Waals surface area contributed by atoms with Crippen LogP contribution < -0.4 is 10.2 Å². The Morgan fingerprint density at radius 3 is 2.15 bits per heavy atom. The largest absolute Gasteiger partial charge is 0.352 e. The number of fused-ring (bicyclic) bond motifs is 6.